The quantitative estimate of drug-likeness (QED) is 0.547. The first-order valence-electron chi connectivity index (χ1n) is 11.7. The van der Waals surface area contributed by atoms with Gasteiger partial charge in [0.25, 0.3) is 5.91 Å². The van der Waals surface area contributed by atoms with Crippen molar-refractivity contribution in [3.63, 3.8) is 0 Å². The highest BCUT2D eigenvalue weighted by Crippen LogP contribution is 2.22. The van der Waals surface area contributed by atoms with E-state index in [1.165, 1.54) is 6.42 Å². The molecule has 2 aromatic carbocycles. The van der Waals surface area contributed by atoms with Crippen LogP contribution in [-0.2, 0) is 9.53 Å². The Labute approximate surface area is 200 Å². The van der Waals surface area contributed by atoms with Crippen LogP contribution in [0, 0.1) is 5.92 Å². The molecule has 2 aromatic rings. The second-order valence-corrected chi connectivity index (χ2v) is 9.15. The van der Waals surface area contributed by atoms with Crippen LogP contribution in [0.2, 0.25) is 5.02 Å². The van der Waals surface area contributed by atoms with Crippen LogP contribution in [0.4, 0.5) is 0 Å². The molecule has 7 heteroatoms. The first-order chi connectivity index (χ1) is 16.1. The minimum Gasteiger partial charge on any atom is -0.484 e. The number of hydrogen-bond donors (Lipinski definition) is 0. The number of hydrogen-bond acceptors (Lipinski definition) is 5. The topological polar surface area (TPSA) is 59.1 Å². The van der Waals surface area contributed by atoms with Crippen molar-refractivity contribution in [2.24, 2.45) is 5.92 Å². The predicted molar refractivity (Wildman–Crippen MR) is 128 cm³/mol. The Bertz CT molecular complexity index is 918. The number of likely N-dealkylation sites (tertiary alicyclic amines) is 1. The van der Waals surface area contributed by atoms with Gasteiger partial charge in [-0.1, -0.05) is 11.6 Å². The molecule has 2 heterocycles. The van der Waals surface area contributed by atoms with Gasteiger partial charge in [-0.2, -0.15) is 0 Å². The number of ketones is 1. The molecular formula is C26H31ClN2O4. The van der Waals surface area contributed by atoms with Gasteiger partial charge in [-0.05, 0) is 80.3 Å². The van der Waals surface area contributed by atoms with E-state index in [4.69, 9.17) is 21.1 Å². The number of nitrogens with zero attached hydrogens (tertiary/aromatic N) is 2. The summed E-state index contributed by atoms with van der Waals surface area (Å²) in [5.74, 6) is 1.20. The van der Waals surface area contributed by atoms with E-state index >= 15 is 0 Å². The number of halogens is 1. The third kappa shape index (κ3) is 6.79. The molecule has 0 atom stereocenters. The Balaban J connectivity index is 1.18. The van der Waals surface area contributed by atoms with Crippen LogP contribution in [-0.4, -0.2) is 74.0 Å². The largest absolute Gasteiger partial charge is 0.484 e. The Morgan fingerprint density at radius 1 is 0.909 bits per heavy atom. The second kappa shape index (κ2) is 11.6. The van der Waals surface area contributed by atoms with Crippen LogP contribution >= 0.6 is 11.6 Å². The Morgan fingerprint density at radius 3 is 2.15 bits per heavy atom. The number of carbonyl (C=O) groups is 2. The van der Waals surface area contributed by atoms with Crippen LogP contribution < -0.4 is 4.74 Å². The summed E-state index contributed by atoms with van der Waals surface area (Å²) in [5, 5.41) is 0.595. The molecule has 33 heavy (non-hydrogen) atoms. The fourth-order valence-corrected chi connectivity index (χ4v) is 4.49. The lowest BCUT2D eigenvalue weighted by molar-refractivity contribution is -0.134. The van der Waals surface area contributed by atoms with E-state index in [-0.39, 0.29) is 18.3 Å². The maximum atomic E-state index is 12.6. The van der Waals surface area contributed by atoms with Crippen LogP contribution in [0.25, 0.3) is 0 Å². The van der Waals surface area contributed by atoms with Gasteiger partial charge < -0.3 is 14.4 Å². The van der Waals surface area contributed by atoms with Crippen LogP contribution in [0.5, 0.6) is 5.75 Å². The molecule has 2 fully saturated rings. The van der Waals surface area contributed by atoms with Crippen molar-refractivity contribution in [2.75, 3.05) is 52.5 Å². The van der Waals surface area contributed by atoms with E-state index in [2.05, 4.69) is 4.90 Å². The molecule has 2 aliphatic heterocycles. The summed E-state index contributed by atoms with van der Waals surface area (Å²) in [4.78, 5) is 29.5. The average molecular weight is 471 g/mol. The third-order valence-electron chi connectivity index (χ3n) is 6.51. The Morgan fingerprint density at radius 2 is 1.52 bits per heavy atom. The molecule has 0 aromatic heterocycles. The van der Waals surface area contributed by atoms with Gasteiger partial charge in [-0.25, -0.2) is 0 Å². The van der Waals surface area contributed by atoms with Crippen LogP contribution in [0.15, 0.2) is 48.5 Å². The average Bonchev–Trinajstić information content (AvgIpc) is 2.87. The van der Waals surface area contributed by atoms with Crippen molar-refractivity contribution in [3.8, 4) is 5.75 Å². The van der Waals surface area contributed by atoms with E-state index in [0.717, 1.165) is 58.8 Å². The number of rotatable bonds is 8. The number of carbonyl (C=O) groups excluding carboxylic acids is 2. The van der Waals surface area contributed by atoms with Crippen molar-refractivity contribution in [1.82, 2.24) is 9.80 Å². The summed E-state index contributed by atoms with van der Waals surface area (Å²) < 4.78 is 11.1. The van der Waals surface area contributed by atoms with Gasteiger partial charge in [0.2, 0.25) is 0 Å². The molecule has 4 rings (SSSR count). The van der Waals surface area contributed by atoms with Crippen molar-refractivity contribution in [2.45, 2.75) is 19.3 Å². The lowest BCUT2D eigenvalue weighted by Crippen LogP contribution is -2.42. The van der Waals surface area contributed by atoms with Gasteiger partial charge in [0.05, 0.1) is 13.2 Å². The van der Waals surface area contributed by atoms with E-state index in [1.807, 2.05) is 4.90 Å². The maximum Gasteiger partial charge on any atom is 0.260 e. The zero-order valence-electron chi connectivity index (χ0n) is 18.9. The third-order valence-corrected chi connectivity index (χ3v) is 6.76. The van der Waals surface area contributed by atoms with Gasteiger partial charge in [-0.15, -0.1) is 0 Å². The Hall–Kier alpha value is -2.41. The lowest BCUT2D eigenvalue weighted by Gasteiger charge is -2.34. The van der Waals surface area contributed by atoms with E-state index in [1.54, 1.807) is 48.5 Å². The summed E-state index contributed by atoms with van der Waals surface area (Å²) >= 11 is 5.89. The second-order valence-electron chi connectivity index (χ2n) is 8.72. The van der Waals surface area contributed by atoms with Gasteiger partial charge in [0, 0.05) is 42.3 Å². The normalized spacial score (nSPS) is 17.7. The molecule has 2 aliphatic rings. The standard InChI is InChI=1S/C26H31ClN2O4/c27-23-5-1-21(2-6-23)26(31)22-3-7-24(8-4-22)33-19-25(30)29-13-10-20(11-14-29)9-12-28-15-17-32-18-16-28/h1-8,20H,9-19H2. The first-order valence-corrected chi connectivity index (χ1v) is 12.1. The van der Waals surface area contributed by atoms with Crippen molar-refractivity contribution >= 4 is 23.3 Å². The van der Waals surface area contributed by atoms with Gasteiger partial charge >= 0.3 is 0 Å². The zero-order chi connectivity index (χ0) is 23.0. The highest BCUT2D eigenvalue weighted by molar-refractivity contribution is 6.30. The lowest BCUT2D eigenvalue weighted by atomic mass is 9.93. The summed E-state index contributed by atoms with van der Waals surface area (Å²) in [5.41, 5.74) is 1.15. The molecule has 0 spiro atoms. The minimum atomic E-state index is -0.0780. The summed E-state index contributed by atoms with van der Waals surface area (Å²) in [6.07, 6.45) is 3.30. The molecule has 0 N–H and O–H groups in total. The number of amides is 1. The van der Waals surface area contributed by atoms with E-state index in [9.17, 15) is 9.59 Å². The monoisotopic (exact) mass is 470 g/mol. The van der Waals surface area contributed by atoms with E-state index < -0.39 is 0 Å². The highest BCUT2D eigenvalue weighted by Gasteiger charge is 2.24. The molecule has 0 unspecified atom stereocenters. The van der Waals surface area contributed by atoms with Gasteiger partial charge in [0.1, 0.15) is 5.75 Å². The Kier molecular flexibility index (Phi) is 8.37. The van der Waals surface area contributed by atoms with Crippen molar-refractivity contribution in [3.05, 3.63) is 64.7 Å². The van der Waals surface area contributed by atoms with Crippen LogP contribution in [0.1, 0.15) is 35.2 Å². The SMILES string of the molecule is O=C(c1ccc(Cl)cc1)c1ccc(OCC(=O)N2CCC(CCN3CCOCC3)CC2)cc1. The molecule has 0 aliphatic carbocycles. The number of benzene rings is 2. The maximum absolute atomic E-state index is 12.6. The molecule has 1 amide bonds. The molecule has 6 nitrogen and oxygen atoms in total. The molecule has 0 radical (unpaired) electrons. The predicted octanol–water partition coefficient (Wildman–Crippen LogP) is 3.91. The molecule has 0 bridgehead atoms. The van der Waals surface area contributed by atoms with Crippen molar-refractivity contribution in [1.29, 1.82) is 0 Å². The summed E-state index contributed by atoms with van der Waals surface area (Å²) in [7, 11) is 0. The van der Waals surface area contributed by atoms with E-state index in [0.29, 0.717) is 27.8 Å². The fourth-order valence-electron chi connectivity index (χ4n) is 4.37. The zero-order valence-corrected chi connectivity index (χ0v) is 19.6. The molecule has 176 valence electrons. The van der Waals surface area contributed by atoms with Crippen molar-refractivity contribution < 1.29 is 19.1 Å². The fraction of sp³-hybridized carbons (Fsp3) is 0.462. The van der Waals surface area contributed by atoms with Gasteiger partial charge in [-0.3, -0.25) is 14.5 Å². The highest BCUT2D eigenvalue weighted by atomic mass is 35.5. The minimum absolute atomic E-state index is 0.0166. The number of piperidine rings is 1. The van der Waals surface area contributed by atoms with Gasteiger partial charge in [0.15, 0.2) is 12.4 Å². The molecular weight excluding hydrogens is 440 g/mol. The van der Waals surface area contributed by atoms with Crippen LogP contribution in [0.3, 0.4) is 0 Å². The molecule has 2 saturated heterocycles. The number of morpholine rings is 1. The summed E-state index contributed by atoms with van der Waals surface area (Å²) in [6.45, 7) is 6.48. The summed E-state index contributed by atoms with van der Waals surface area (Å²) in [6, 6.07) is 13.7. The first kappa shape index (κ1) is 23.7. The number of ether oxygens (including phenoxy) is 2. The smallest absolute Gasteiger partial charge is 0.260 e. The molecule has 0 saturated carbocycles.